The maximum absolute atomic E-state index is 11.1. The number of carboxylic acid groups (broad SMARTS) is 1. The molecule has 3 atom stereocenters. The van der Waals surface area contributed by atoms with Gasteiger partial charge in [-0.15, -0.1) is 0 Å². The van der Waals surface area contributed by atoms with Gasteiger partial charge in [0.2, 0.25) is 0 Å². The summed E-state index contributed by atoms with van der Waals surface area (Å²) in [5, 5.41) is 9.13. The highest BCUT2D eigenvalue weighted by Gasteiger charge is 2.32. The quantitative estimate of drug-likeness (QED) is 0.929. The number of fused-ring (bicyclic) bond motifs is 1. The maximum Gasteiger partial charge on any atom is 0.306 e. The number of aryl methyl sites for hydroxylation is 1. The molecule has 1 fully saturated rings. The van der Waals surface area contributed by atoms with Crippen LogP contribution in [0.2, 0.25) is 0 Å². The average molecular weight is 289 g/mol. The fourth-order valence-corrected chi connectivity index (χ4v) is 3.53. The summed E-state index contributed by atoms with van der Waals surface area (Å²) >= 11 is 0. The third kappa shape index (κ3) is 3.05. The third-order valence-corrected chi connectivity index (χ3v) is 4.76. The number of hydrogen-bond acceptors (Lipinski definition) is 3. The molecule has 1 aromatic carbocycles. The van der Waals surface area contributed by atoms with Gasteiger partial charge in [-0.2, -0.15) is 0 Å². The number of hydrogen-bond donors (Lipinski definition) is 1. The molecule has 21 heavy (non-hydrogen) atoms. The molecular weight excluding hydrogens is 266 g/mol. The number of aliphatic carboxylic acids is 1. The number of rotatable bonds is 3. The Hall–Kier alpha value is -1.55. The van der Waals surface area contributed by atoms with E-state index in [1.54, 1.807) is 0 Å². The molecule has 1 aromatic rings. The standard InChI is InChI=1S/C17H23NO3/c1-11-3-4-16-14(7-11)9-15(21-16)10-18-6-5-13(17(19)20)8-12(18)2/h3-4,7,12-13,15H,5-6,8-10H2,1-2H3,(H,19,20). The van der Waals surface area contributed by atoms with Crippen LogP contribution in [0, 0.1) is 12.8 Å². The fraction of sp³-hybridized carbons (Fsp3) is 0.588. The first-order valence-corrected chi connectivity index (χ1v) is 7.76. The molecule has 3 rings (SSSR count). The molecule has 114 valence electrons. The van der Waals surface area contributed by atoms with E-state index in [0.29, 0.717) is 6.04 Å². The summed E-state index contributed by atoms with van der Waals surface area (Å²) < 4.78 is 6.03. The van der Waals surface area contributed by atoms with Crippen molar-refractivity contribution >= 4 is 5.97 Å². The predicted molar refractivity (Wildman–Crippen MR) is 80.7 cm³/mol. The van der Waals surface area contributed by atoms with Crippen LogP contribution in [0.3, 0.4) is 0 Å². The Kier molecular flexibility index (Phi) is 3.89. The van der Waals surface area contributed by atoms with Crippen molar-refractivity contribution in [1.82, 2.24) is 4.90 Å². The first-order chi connectivity index (χ1) is 10.0. The van der Waals surface area contributed by atoms with Crippen LogP contribution in [0.4, 0.5) is 0 Å². The van der Waals surface area contributed by atoms with E-state index in [1.165, 1.54) is 11.1 Å². The Morgan fingerprint density at radius 1 is 1.48 bits per heavy atom. The van der Waals surface area contributed by atoms with E-state index in [-0.39, 0.29) is 12.0 Å². The van der Waals surface area contributed by atoms with E-state index >= 15 is 0 Å². The molecule has 4 heteroatoms. The molecule has 1 saturated heterocycles. The smallest absolute Gasteiger partial charge is 0.306 e. The second-order valence-corrected chi connectivity index (χ2v) is 6.46. The molecule has 0 amide bonds. The summed E-state index contributed by atoms with van der Waals surface area (Å²) in [5.74, 6) is 0.181. The lowest BCUT2D eigenvalue weighted by Crippen LogP contribution is -2.46. The van der Waals surface area contributed by atoms with Gasteiger partial charge in [-0.3, -0.25) is 9.69 Å². The maximum atomic E-state index is 11.1. The van der Waals surface area contributed by atoms with E-state index in [2.05, 4.69) is 36.9 Å². The second kappa shape index (κ2) is 5.68. The molecule has 1 N–H and O–H groups in total. The SMILES string of the molecule is Cc1ccc2c(c1)CC(CN1CCC(C(=O)O)CC1C)O2. The first kappa shape index (κ1) is 14.4. The van der Waals surface area contributed by atoms with E-state index in [4.69, 9.17) is 9.84 Å². The van der Waals surface area contributed by atoms with Crippen molar-refractivity contribution < 1.29 is 14.6 Å². The lowest BCUT2D eigenvalue weighted by Gasteiger charge is -2.37. The molecule has 4 nitrogen and oxygen atoms in total. The van der Waals surface area contributed by atoms with Crippen molar-refractivity contribution in [1.29, 1.82) is 0 Å². The molecule has 2 heterocycles. The molecule has 0 aliphatic carbocycles. The number of nitrogens with zero attached hydrogens (tertiary/aromatic N) is 1. The van der Waals surface area contributed by atoms with Crippen molar-refractivity contribution in [3.63, 3.8) is 0 Å². The van der Waals surface area contributed by atoms with E-state index < -0.39 is 5.97 Å². The molecule has 0 aromatic heterocycles. The number of ether oxygens (including phenoxy) is 1. The third-order valence-electron chi connectivity index (χ3n) is 4.76. The van der Waals surface area contributed by atoms with Crippen LogP contribution in [-0.4, -0.2) is 41.2 Å². The highest BCUT2D eigenvalue weighted by molar-refractivity contribution is 5.70. The zero-order valence-corrected chi connectivity index (χ0v) is 12.7. The normalized spacial score (nSPS) is 29.0. The Morgan fingerprint density at radius 2 is 2.29 bits per heavy atom. The summed E-state index contributed by atoms with van der Waals surface area (Å²) in [6.45, 7) is 5.97. The lowest BCUT2D eigenvalue weighted by atomic mass is 9.91. The summed E-state index contributed by atoms with van der Waals surface area (Å²) in [4.78, 5) is 13.5. The van der Waals surface area contributed by atoms with Gasteiger partial charge in [0, 0.05) is 19.0 Å². The number of carbonyl (C=O) groups is 1. The van der Waals surface area contributed by atoms with E-state index in [1.807, 2.05) is 0 Å². The van der Waals surface area contributed by atoms with Gasteiger partial charge in [-0.1, -0.05) is 17.7 Å². The Balaban J connectivity index is 1.58. The fourth-order valence-electron chi connectivity index (χ4n) is 3.53. The van der Waals surface area contributed by atoms with Gasteiger partial charge in [0.05, 0.1) is 5.92 Å². The average Bonchev–Trinajstić information content (AvgIpc) is 2.82. The van der Waals surface area contributed by atoms with Crippen LogP contribution < -0.4 is 4.74 Å². The van der Waals surface area contributed by atoms with Crippen molar-refractivity contribution in [2.75, 3.05) is 13.1 Å². The Labute approximate surface area is 125 Å². The molecule has 0 spiro atoms. The van der Waals surface area contributed by atoms with Gasteiger partial charge in [-0.25, -0.2) is 0 Å². The number of carboxylic acids is 1. The number of likely N-dealkylation sites (tertiary alicyclic amines) is 1. The second-order valence-electron chi connectivity index (χ2n) is 6.46. The monoisotopic (exact) mass is 289 g/mol. The van der Waals surface area contributed by atoms with E-state index in [0.717, 1.165) is 38.1 Å². The van der Waals surface area contributed by atoms with Crippen molar-refractivity contribution in [3.05, 3.63) is 29.3 Å². The highest BCUT2D eigenvalue weighted by atomic mass is 16.5. The number of benzene rings is 1. The zero-order chi connectivity index (χ0) is 15.0. The minimum Gasteiger partial charge on any atom is -0.488 e. The van der Waals surface area contributed by atoms with Gasteiger partial charge in [-0.05, 0) is 44.9 Å². The molecule has 0 saturated carbocycles. The van der Waals surface area contributed by atoms with Gasteiger partial charge in [0.25, 0.3) is 0 Å². The van der Waals surface area contributed by atoms with Crippen molar-refractivity contribution in [2.24, 2.45) is 5.92 Å². The minimum atomic E-state index is -0.651. The summed E-state index contributed by atoms with van der Waals surface area (Å²) in [7, 11) is 0. The summed E-state index contributed by atoms with van der Waals surface area (Å²) in [6, 6.07) is 6.66. The molecular formula is C17H23NO3. The number of piperidine rings is 1. The Bertz CT molecular complexity index is 543. The van der Waals surface area contributed by atoms with E-state index in [9.17, 15) is 4.79 Å². The van der Waals surface area contributed by atoms with Crippen LogP contribution >= 0.6 is 0 Å². The molecule has 2 aliphatic rings. The van der Waals surface area contributed by atoms with Crippen LogP contribution in [0.5, 0.6) is 5.75 Å². The van der Waals surface area contributed by atoms with Gasteiger partial charge in [0.15, 0.2) is 0 Å². The highest BCUT2D eigenvalue weighted by Crippen LogP contribution is 2.31. The minimum absolute atomic E-state index is 0.180. The predicted octanol–water partition coefficient (Wildman–Crippen LogP) is 2.48. The largest absolute Gasteiger partial charge is 0.488 e. The molecule has 3 unspecified atom stereocenters. The van der Waals surface area contributed by atoms with Crippen molar-refractivity contribution in [3.8, 4) is 5.75 Å². The summed E-state index contributed by atoms with van der Waals surface area (Å²) in [5.41, 5.74) is 2.57. The van der Waals surface area contributed by atoms with Crippen LogP contribution in [0.1, 0.15) is 30.9 Å². The Morgan fingerprint density at radius 3 is 3.00 bits per heavy atom. The lowest BCUT2D eigenvalue weighted by molar-refractivity contribution is -0.144. The van der Waals surface area contributed by atoms with Crippen LogP contribution in [-0.2, 0) is 11.2 Å². The van der Waals surface area contributed by atoms with Crippen LogP contribution in [0.25, 0.3) is 0 Å². The molecule has 0 bridgehead atoms. The first-order valence-electron chi connectivity index (χ1n) is 7.76. The van der Waals surface area contributed by atoms with Gasteiger partial charge < -0.3 is 9.84 Å². The molecule has 2 aliphatic heterocycles. The molecule has 0 radical (unpaired) electrons. The summed E-state index contributed by atoms with van der Waals surface area (Å²) in [6.07, 6.45) is 2.65. The van der Waals surface area contributed by atoms with Crippen molar-refractivity contribution in [2.45, 2.75) is 45.3 Å². The topological polar surface area (TPSA) is 49.8 Å². The van der Waals surface area contributed by atoms with Gasteiger partial charge in [0.1, 0.15) is 11.9 Å². The van der Waals surface area contributed by atoms with Gasteiger partial charge >= 0.3 is 5.97 Å². The van der Waals surface area contributed by atoms with Crippen LogP contribution in [0.15, 0.2) is 18.2 Å². The zero-order valence-electron chi connectivity index (χ0n) is 12.7.